The molecule has 3 rings (SSSR count). The zero-order valence-corrected chi connectivity index (χ0v) is 13.3. The van der Waals surface area contributed by atoms with E-state index in [4.69, 9.17) is 10.2 Å². The number of furan rings is 1. The number of nitrogens with one attached hydrogen (secondary N) is 1. The van der Waals surface area contributed by atoms with Crippen molar-refractivity contribution in [2.45, 2.75) is 32.6 Å². The molecule has 0 saturated carbocycles. The Labute approximate surface area is 137 Å². The van der Waals surface area contributed by atoms with Gasteiger partial charge < -0.3 is 15.5 Å². The molecule has 0 unspecified atom stereocenters. The van der Waals surface area contributed by atoms with E-state index >= 15 is 0 Å². The lowest BCUT2D eigenvalue weighted by atomic mass is 9.70. The van der Waals surface area contributed by atoms with Gasteiger partial charge in [0.2, 0.25) is 0 Å². The lowest BCUT2D eigenvalue weighted by Crippen LogP contribution is -2.39. The highest BCUT2D eigenvalue weighted by atomic mass is 16.6. The molecule has 0 amide bonds. The molecule has 8 heteroatoms. The molecule has 0 fully saturated rings. The number of nitrogens with two attached hydrogens (primary N) is 1. The van der Waals surface area contributed by atoms with Crippen molar-refractivity contribution in [2.75, 3.05) is 0 Å². The van der Waals surface area contributed by atoms with Gasteiger partial charge in [0, 0.05) is 17.7 Å². The Morgan fingerprint density at radius 2 is 2.17 bits per heavy atom. The summed E-state index contributed by atoms with van der Waals surface area (Å²) in [4.78, 5) is 22.9. The van der Waals surface area contributed by atoms with Crippen LogP contribution in [0.4, 0.5) is 5.88 Å². The number of carbonyl (C=O) groups is 1. The van der Waals surface area contributed by atoms with Crippen LogP contribution in [0.5, 0.6) is 0 Å². The summed E-state index contributed by atoms with van der Waals surface area (Å²) in [6.07, 6.45) is 0.915. The summed E-state index contributed by atoms with van der Waals surface area (Å²) >= 11 is 0. The predicted octanol–water partition coefficient (Wildman–Crippen LogP) is 2.21. The number of hydrogen-bond donors (Lipinski definition) is 2. The van der Waals surface area contributed by atoms with Crippen molar-refractivity contribution < 1.29 is 14.1 Å². The molecule has 3 N–H and O–H groups in total. The maximum atomic E-state index is 12.7. The molecular formula is C16H16N4O4. The Kier molecular flexibility index (Phi) is 3.44. The van der Waals surface area contributed by atoms with Gasteiger partial charge in [-0.05, 0) is 17.9 Å². The van der Waals surface area contributed by atoms with Gasteiger partial charge in [-0.1, -0.05) is 13.8 Å². The van der Waals surface area contributed by atoms with E-state index in [2.05, 4.69) is 5.32 Å². The third kappa shape index (κ3) is 2.44. The first kappa shape index (κ1) is 15.8. The highest BCUT2D eigenvalue weighted by Crippen LogP contribution is 2.46. The summed E-state index contributed by atoms with van der Waals surface area (Å²) in [7, 11) is 0. The van der Waals surface area contributed by atoms with E-state index in [-0.39, 0.29) is 28.4 Å². The van der Waals surface area contributed by atoms with Crippen molar-refractivity contribution >= 4 is 11.7 Å². The number of ketones is 1. The van der Waals surface area contributed by atoms with E-state index in [1.165, 1.54) is 12.1 Å². The summed E-state index contributed by atoms with van der Waals surface area (Å²) < 4.78 is 5.26. The van der Waals surface area contributed by atoms with Gasteiger partial charge in [-0.3, -0.25) is 14.9 Å². The second kappa shape index (κ2) is 5.23. The van der Waals surface area contributed by atoms with E-state index < -0.39 is 16.7 Å². The zero-order valence-electron chi connectivity index (χ0n) is 13.3. The number of nitriles is 1. The van der Waals surface area contributed by atoms with Crippen LogP contribution >= 0.6 is 0 Å². The van der Waals surface area contributed by atoms with E-state index in [1.807, 2.05) is 19.9 Å². The second-order valence-electron chi connectivity index (χ2n) is 6.76. The number of carbonyl (C=O) groups excluding carboxylic acids is 1. The molecule has 0 aromatic carbocycles. The largest absolute Gasteiger partial charge is 0.433 e. The maximum Gasteiger partial charge on any atom is 0.433 e. The molecule has 1 aliphatic heterocycles. The molecule has 1 aromatic heterocycles. The Morgan fingerprint density at radius 1 is 1.46 bits per heavy atom. The molecule has 2 aliphatic rings. The van der Waals surface area contributed by atoms with Crippen LogP contribution in [0.25, 0.3) is 0 Å². The minimum atomic E-state index is -0.816. The Hall–Kier alpha value is -3.08. The van der Waals surface area contributed by atoms with Crippen molar-refractivity contribution in [3.63, 3.8) is 0 Å². The highest BCUT2D eigenvalue weighted by molar-refractivity contribution is 6.00. The van der Waals surface area contributed by atoms with E-state index in [9.17, 15) is 20.2 Å². The zero-order chi connectivity index (χ0) is 17.6. The van der Waals surface area contributed by atoms with Crippen molar-refractivity contribution in [1.82, 2.24) is 5.32 Å². The highest BCUT2D eigenvalue weighted by Gasteiger charge is 2.43. The van der Waals surface area contributed by atoms with Gasteiger partial charge in [0.25, 0.3) is 0 Å². The van der Waals surface area contributed by atoms with E-state index in [0.29, 0.717) is 24.1 Å². The lowest BCUT2D eigenvalue weighted by molar-refractivity contribution is -0.402. The number of nitro groups is 1. The van der Waals surface area contributed by atoms with Gasteiger partial charge in [0.05, 0.1) is 23.6 Å². The van der Waals surface area contributed by atoms with Gasteiger partial charge in [-0.2, -0.15) is 5.26 Å². The number of hydrogen-bond acceptors (Lipinski definition) is 7. The van der Waals surface area contributed by atoms with Crippen LogP contribution in [0.3, 0.4) is 0 Å². The van der Waals surface area contributed by atoms with Crippen LogP contribution in [0.1, 0.15) is 38.4 Å². The van der Waals surface area contributed by atoms with Gasteiger partial charge in [-0.15, -0.1) is 0 Å². The fourth-order valence-electron chi connectivity index (χ4n) is 3.32. The molecule has 24 heavy (non-hydrogen) atoms. The SMILES string of the molecule is CC1(C)CC(=O)C2=C(C1)NC(N)=C(C#N)[C@@H]2c1ccc([N+](=O)[O-])o1. The lowest BCUT2D eigenvalue weighted by Gasteiger charge is -2.37. The third-order valence-corrected chi connectivity index (χ3v) is 4.27. The average Bonchev–Trinajstić information content (AvgIpc) is 2.94. The molecular weight excluding hydrogens is 312 g/mol. The number of rotatable bonds is 2. The van der Waals surface area contributed by atoms with Crippen LogP contribution in [-0.2, 0) is 4.79 Å². The van der Waals surface area contributed by atoms with Gasteiger partial charge in [0.15, 0.2) is 5.78 Å². The van der Waals surface area contributed by atoms with E-state index in [1.54, 1.807) is 0 Å². The molecule has 1 atom stereocenters. The van der Waals surface area contributed by atoms with Gasteiger partial charge in [0.1, 0.15) is 16.5 Å². The Morgan fingerprint density at radius 3 is 2.75 bits per heavy atom. The smallest absolute Gasteiger partial charge is 0.405 e. The first-order valence-corrected chi connectivity index (χ1v) is 7.40. The number of allylic oxidation sites excluding steroid dienone is 3. The summed E-state index contributed by atoms with van der Waals surface area (Å²) in [6.45, 7) is 3.95. The molecule has 0 radical (unpaired) electrons. The van der Waals surface area contributed by atoms with E-state index in [0.717, 1.165) is 0 Å². The van der Waals surface area contributed by atoms with Crippen molar-refractivity contribution in [1.29, 1.82) is 5.26 Å². The van der Waals surface area contributed by atoms with Crippen LogP contribution in [-0.4, -0.2) is 10.7 Å². The van der Waals surface area contributed by atoms with Gasteiger partial charge in [-0.25, -0.2) is 0 Å². The standard InChI is InChI=1S/C16H16N4O4/c1-16(2)5-9-14(10(21)6-16)13(8(7-17)15(18)19-9)11-3-4-12(24-11)20(22)23/h3-4,13,19H,5-6,18H2,1-2H3/t13-/m1/s1. The minimum absolute atomic E-state index is 0.113. The number of nitrogens with zero attached hydrogens (tertiary/aromatic N) is 2. The quantitative estimate of drug-likeness (QED) is 0.627. The summed E-state index contributed by atoms with van der Waals surface area (Å²) in [5.74, 6) is -1.05. The molecule has 8 nitrogen and oxygen atoms in total. The normalized spacial score (nSPS) is 22.7. The first-order valence-electron chi connectivity index (χ1n) is 7.40. The molecule has 0 saturated heterocycles. The fourth-order valence-corrected chi connectivity index (χ4v) is 3.32. The third-order valence-electron chi connectivity index (χ3n) is 4.27. The fraction of sp³-hybridized carbons (Fsp3) is 0.375. The summed E-state index contributed by atoms with van der Waals surface area (Å²) in [6, 6.07) is 4.61. The summed E-state index contributed by atoms with van der Waals surface area (Å²) in [5.41, 5.74) is 6.91. The molecule has 2 heterocycles. The van der Waals surface area contributed by atoms with Crippen LogP contribution < -0.4 is 11.1 Å². The molecule has 0 spiro atoms. The van der Waals surface area contributed by atoms with Crippen LogP contribution in [0.15, 0.2) is 39.2 Å². The molecule has 1 aromatic rings. The Bertz CT molecular complexity index is 854. The van der Waals surface area contributed by atoms with Crippen LogP contribution in [0, 0.1) is 26.9 Å². The molecule has 0 bridgehead atoms. The van der Waals surface area contributed by atoms with Crippen molar-refractivity contribution in [2.24, 2.45) is 11.1 Å². The van der Waals surface area contributed by atoms with Crippen LogP contribution in [0.2, 0.25) is 0 Å². The molecule has 1 aliphatic carbocycles. The topological polar surface area (TPSA) is 135 Å². The van der Waals surface area contributed by atoms with Gasteiger partial charge >= 0.3 is 5.88 Å². The van der Waals surface area contributed by atoms with Crippen molar-refractivity contribution in [3.05, 3.63) is 50.7 Å². The maximum absolute atomic E-state index is 12.7. The molecule has 124 valence electrons. The monoisotopic (exact) mass is 328 g/mol. The average molecular weight is 328 g/mol. The predicted molar refractivity (Wildman–Crippen MR) is 83.1 cm³/mol. The Balaban J connectivity index is 2.16. The first-order chi connectivity index (χ1) is 11.2. The minimum Gasteiger partial charge on any atom is -0.405 e. The van der Waals surface area contributed by atoms with Crippen molar-refractivity contribution in [3.8, 4) is 6.07 Å². The number of dihydropyridines is 1. The summed E-state index contributed by atoms with van der Waals surface area (Å²) in [5, 5.41) is 23.3. The second-order valence-corrected chi connectivity index (χ2v) is 6.76. The number of Topliss-reactive ketones (excluding diaryl/α,β-unsaturated/α-hetero) is 1.